The molecule has 1 aromatic carbocycles. The summed E-state index contributed by atoms with van der Waals surface area (Å²) in [6, 6.07) is 10.2. The predicted octanol–water partition coefficient (Wildman–Crippen LogP) is 3.21. The molecule has 3 nitrogen and oxygen atoms in total. The zero-order chi connectivity index (χ0) is 14.4. The van der Waals surface area contributed by atoms with Crippen LogP contribution in [0.5, 0.6) is 0 Å². The molecule has 0 fully saturated rings. The minimum Gasteiger partial charge on any atom is -0.326 e. The van der Waals surface area contributed by atoms with Gasteiger partial charge in [0.25, 0.3) is 0 Å². The Bertz CT molecular complexity index is 422. The van der Waals surface area contributed by atoms with Crippen LogP contribution in [0.25, 0.3) is 0 Å². The van der Waals surface area contributed by atoms with Gasteiger partial charge in [0.2, 0.25) is 0 Å². The highest BCUT2D eigenvalue weighted by Gasteiger charge is 2.24. The highest BCUT2D eigenvalue weighted by molar-refractivity contribution is 6.30. The number of hydrogen-bond acceptors (Lipinski definition) is 3. The molecular weight excluding hydrogens is 258 g/mol. The van der Waals surface area contributed by atoms with Gasteiger partial charge in [-0.15, -0.1) is 0 Å². The molecule has 0 saturated heterocycles. The van der Waals surface area contributed by atoms with Crippen molar-refractivity contribution in [2.75, 3.05) is 13.1 Å². The summed E-state index contributed by atoms with van der Waals surface area (Å²) in [5.74, 6) is -0.00602. The van der Waals surface area contributed by atoms with Gasteiger partial charge in [0.05, 0.1) is 12.0 Å². The van der Waals surface area contributed by atoms with Crippen LogP contribution in [0.3, 0.4) is 0 Å². The summed E-state index contributed by atoms with van der Waals surface area (Å²) in [6.45, 7) is 7.61. The first-order chi connectivity index (χ1) is 8.99. The number of rotatable bonds is 6. The van der Waals surface area contributed by atoms with Crippen molar-refractivity contribution in [2.24, 2.45) is 11.7 Å². The molecule has 3 unspecified atom stereocenters. The van der Waals surface area contributed by atoms with Gasteiger partial charge in [-0.1, -0.05) is 30.7 Å². The minimum absolute atomic E-state index is 0.00602. The fourth-order valence-corrected chi connectivity index (χ4v) is 2.46. The maximum Gasteiger partial charge on any atom is 0.0666 e. The number of nitriles is 1. The molecule has 0 radical (unpaired) electrons. The second-order valence-electron chi connectivity index (χ2n) is 4.97. The summed E-state index contributed by atoms with van der Waals surface area (Å²) in [5, 5.41) is 9.70. The topological polar surface area (TPSA) is 53.0 Å². The molecule has 0 aliphatic carbocycles. The second kappa shape index (κ2) is 7.49. The number of hydrogen-bond donors (Lipinski definition) is 1. The lowest BCUT2D eigenvalue weighted by Gasteiger charge is -2.34. The summed E-state index contributed by atoms with van der Waals surface area (Å²) in [5.41, 5.74) is 7.29. The first-order valence-electron chi connectivity index (χ1n) is 6.64. The third-order valence-corrected chi connectivity index (χ3v) is 3.49. The zero-order valence-electron chi connectivity index (χ0n) is 11.8. The van der Waals surface area contributed by atoms with Crippen LogP contribution in [0.4, 0.5) is 0 Å². The number of nitrogens with two attached hydrogens (primary N) is 1. The summed E-state index contributed by atoms with van der Waals surface area (Å²) >= 11 is 5.93. The quantitative estimate of drug-likeness (QED) is 0.870. The molecule has 3 atom stereocenters. The van der Waals surface area contributed by atoms with Crippen molar-refractivity contribution >= 4 is 11.6 Å². The fourth-order valence-electron chi connectivity index (χ4n) is 2.34. The lowest BCUT2D eigenvalue weighted by molar-refractivity contribution is 0.173. The Morgan fingerprint density at radius 3 is 2.32 bits per heavy atom. The Labute approximate surface area is 121 Å². The lowest BCUT2D eigenvalue weighted by atomic mass is 9.98. The average molecular weight is 280 g/mol. The van der Waals surface area contributed by atoms with E-state index in [2.05, 4.69) is 17.9 Å². The van der Waals surface area contributed by atoms with Gasteiger partial charge in [-0.05, 0) is 38.1 Å². The molecule has 0 heterocycles. The maximum atomic E-state index is 8.98. The Kier molecular flexibility index (Phi) is 6.30. The monoisotopic (exact) mass is 279 g/mol. The molecule has 0 saturated carbocycles. The van der Waals surface area contributed by atoms with Crippen molar-refractivity contribution in [1.29, 1.82) is 5.26 Å². The van der Waals surface area contributed by atoms with Crippen molar-refractivity contribution < 1.29 is 0 Å². The van der Waals surface area contributed by atoms with Crippen LogP contribution in [0.2, 0.25) is 5.02 Å². The van der Waals surface area contributed by atoms with Crippen LogP contribution < -0.4 is 5.73 Å². The van der Waals surface area contributed by atoms with E-state index in [0.29, 0.717) is 0 Å². The molecule has 2 N–H and O–H groups in total. The summed E-state index contributed by atoms with van der Waals surface area (Å²) in [6.07, 6.45) is 0. The van der Waals surface area contributed by atoms with Gasteiger partial charge in [-0.2, -0.15) is 5.26 Å². The highest BCUT2D eigenvalue weighted by atomic mass is 35.5. The summed E-state index contributed by atoms with van der Waals surface area (Å²) < 4.78 is 0. The van der Waals surface area contributed by atoms with Crippen LogP contribution in [0.1, 0.15) is 32.4 Å². The Hall–Kier alpha value is -1.08. The zero-order valence-corrected chi connectivity index (χ0v) is 12.6. The van der Waals surface area contributed by atoms with Gasteiger partial charge >= 0.3 is 0 Å². The number of halogens is 1. The van der Waals surface area contributed by atoms with E-state index in [0.717, 1.165) is 23.7 Å². The standard InChI is InChI=1S/C15H22ClN3/c1-4-19(10-11(2)9-17)15(12(3)18)13-5-7-14(16)8-6-13/h5-8,11-12,15H,4,10,18H2,1-3H3. The highest BCUT2D eigenvalue weighted by Crippen LogP contribution is 2.25. The van der Waals surface area contributed by atoms with Crippen LogP contribution in [0, 0.1) is 17.2 Å². The average Bonchev–Trinajstić information content (AvgIpc) is 2.39. The Morgan fingerprint density at radius 1 is 1.32 bits per heavy atom. The molecule has 1 rings (SSSR count). The first-order valence-corrected chi connectivity index (χ1v) is 7.02. The van der Waals surface area contributed by atoms with Gasteiger partial charge in [0.15, 0.2) is 0 Å². The van der Waals surface area contributed by atoms with Gasteiger partial charge < -0.3 is 5.73 Å². The van der Waals surface area contributed by atoms with E-state index in [-0.39, 0.29) is 18.0 Å². The van der Waals surface area contributed by atoms with Crippen molar-refractivity contribution in [3.8, 4) is 6.07 Å². The van der Waals surface area contributed by atoms with Crippen LogP contribution in [-0.2, 0) is 0 Å². The van der Waals surface area contributed by atoms with E-state index in [9.17, 15) is 0 Å². The molecular formula is C15H22ClN3. The Balaban J connectivity index is 2.98. The van der Waals surface area contributed by atoms with E-state index in [1.807, 2.05) is 38.1 Å². The molecule has 0 spiro atoms. The largest absolute Gasteiger partial charge is 0.326 e. The molecule has 0 aliphatic heterocycles. The van der Waals surface area contributed by atoms with Crippen molar-refractivity contribution in [1.82, 2.24) is 4.90 Å². The molecule has 0 bridgehead atoms. The smallest absolute Gasteiger partial charge is 0.0666 e. The van der Waals surface area contributed by atoms with E-state index in [1.54, 1.807) is 0 Å². The van der Waals surface area contributed by atoms with Gasteiger partial charge in [-0.25, -0.2) is 0 Å². The predicted molar refractivity (Wildman–Crippen MR) is 79.9 cm³/mol. The van der Waals surface area contributed by atoms with E-state index < -0.39 is 0 Å². The van der Waals surface area contributed by atoms with Crippen LogP contribution in [0.15, 0.2) is 24.3 Å². The van der Waals surface area contributed by atoms with Gasteiger partial charge in [0, 0.05) is 23.7 Å². The van der Waals surface area contributed by atoms with Crippen LogP contribution in [-0.4, -0.2) is 24.0 Å². The lowest BCUT2D eigenvalue weighted by Crippen LogP contribution is -2.41. The van der Waals surface area contributed by atoms with E-state index >= 15 is 0 Å². The minimum atomic E-state index is -0.00739. The van der Waals surface area contributed by atoms with Crippen molar-refractivity contribution in [3.63, 3.8) is 0 Å². The maximum absolute atomic E-state index is 8.98. The van der Waals surface area contributed by atoms with Crippen molar-refractivity contribution in [2.45, 2.75) is 32.9 Å². The molecule has 4 heteroatoms. The molecule has 0 amide bonds. The molecule has 104 valence electrons. The number of benzene rings is 1. The van der Waals surface area contributed by atoms with E-state index in [1.165, 1.54) is 0 Å². The van der Waals surface area contributed by atoms with E-state index in [4.69, 9.17) is 22.6 Å². The number of likely N-dealkylation sites (N-methyl/N-ethyl adjacent to an activating group) is 1. The first kappa shape index (κ1) is 16.0. The third kappa shape index (κ3) is 4.50. The van der Waals surface area contributed by atoms with Gasteiger partial charge in [0.1, 0.15) is 0 Å². The second-order valence-corrected chi connectivity index (χ2v) is 5.41. The molecule has 19 heavy (non-hydrogen) atoms. The summed E-state index contributed by atoms with van der Waals surface area (Å²) in [7, 11) is 0. The molecule has 1 aromatic rings. The fraction of sp³-hybridized carbons (Fsp3) is 0.533. The van der Waals surface area contributed by atoms with Crippen molar-refractivity contribution in [3.05, 3.63) is 34.9 Å². The van der Waals surface area contributed by atoms with Crippen LogP contribution >= 0.6 is 11.6 Å². The SMILES string of the molecule is CCN(CC(C)C#N)C(c1ccc(Cl)cc1)C(C)N. The van der Waals surface area contributed by atoms with Gasteiger partial charge in [-0.3, -0.25) is 4.90 Å². The Morgan fingerprint density at radius 2 is 1.89 bits per heavy atom. The third-order valence-electron chi connectivity index (χ3n) is 3.24. The normalized spacial score (nSPS) is 15.8. The molecule has 0 aromatic heterocycles. The summed E-state index contributed by atoms with van der Waals surface area (Å²) in [4.78, 5) is 2.25. The number of nitrogens with zero attached hydrogens (tertiary/aromatic N) is 2. The molecule has 0 aliphatic rings.